The predicted octanol–water partition coefficient (Wildman–Crippen LogP) is 1.65. The molecule has 0 aliphatic heterocycles. The van der Waals surface area contributed by atoms with Crippen molar-refractivity contribution in [1.29, 1.82) is 5.26 Å². The number of carboxylic acids is 1. The van der Waals surface area contributed by atoms with E-state index in [-0.39, 0.29) is 12.1 Å². The Bertz CT molecular complexity index is 467. The molecule has 0 bridgehead atoms. The van der Waals surface area contributed by atoms with E-state index in [1.165, 1.54) is 12.1 Å². The number of alkyl halides is 2. The van der Waals surface area contributed by atoms with E-state index in [2.05, 4.69) is 0 Å². The number of carboxylic acid groups (broad SMARTS) is 1. The Kier molecular flexibility index (Phi) is 3.53. The van der Waals surface area contributed by atoms with Crippen LogP contribution in [0.25, 0.3) is 0 Å². The Balaban J connectivity index is 3.58. The summed E-state index contributed by atoms with van der Waals surface area (Å²) in [5.41, 5.74) is 3.78. The molecule has 0 aliphatic rings. The third-order valence-corrected chi connectivity index (χ3v) is 2.12. The van der Waals surface area contributed by atoms with Crippen molar-refractivity contribution < 1.29 is 18.7 Å². The van der Waals surface area contributed by atoms with Crippen LogP contribution in [0.15, 0.2) is 12.1 Å². The zero-order valence-electron chi connectivity index (χ0n) is 8.08. The summed E-state index contributed by atoms with van der Waals surface area (Å²) in [6.07, 6.45) is -2.92. The highest BCUT2D eigenvalue weighted by molar-refractivity contribution is 5.91. The third-order valence-electron chi connectivity index (χ3n) is 2.12. The van der Waals surface area contributed by atoms with Crippen LogP contribution in [-0.4, -0.2) is 11.1 Å². The highest BCUT2D eigenvalue weighted by Gasteiger charge is 2.22. The molecular weight excluding hydrogens is 218 g/mol. The fourth-order valence-corrected chi connectivity index (χ4v) is 1.39. The molecule has 1 rings (SSSR count). The number of hydrogen-bond acceptors (Lipinski definition) is 3. The molecule has 0 amide bonds. The van der Waals surface area contributed by atoms with Crippen LogP contribution in [0.1, 0.15) is 33.5 Å². The van der Waals surface area contributed by atoms with Crippen molar-refractivity contribution in [2.24, 2.45) is 5.73 Å². The molecule has 0 saturated carbocycles. The summed E-state index contributed by atoms with van der Waals surface area (Å²) in [5.74, 6) is -1.41. The Morgan fingerprint density at radius 2 is 2.19 bits per heavy atom. The van der Waals surface area contributed by atoms with Gasteiger partial charge in [0.1, 0.15) is 6.07 Å². The summed E-state index contributed by atoms with van der Waals surface area (Å²) in [6.45, 7) is -0.172. The minimum absolute atomic E-state index is 0.0801. The van der Waals surface area contributed by atoms with Gasteiger partial charge in [-0.2, -0.15) is 5.26 Å². The lowest BCUT2D eigenvalue weighted by atomic mass is 9.97. The monoisotopic (exact) mass is 226 g/mol. The normalized spacial score (nSPS) is 10.2. The molecule has 0 radical (unpaired) electrons. The van der Waals surface area contributed by atoms with Crippen molar-refractivity contribution in [3.63, 3.8) is 0 Å². The molecule has 0 unspecified atom stereocenters. The average Bonchev–Trinajstić information content (AvgIpc) is 2.26. The fourth-order valence-electron chi connectivity index (χ4n) is 1.39. The number of carbonyl (C=O) groups is 1. The number of halogens is 2. The van der Waals surface area contributed by atoms with Crippen molar-refractivity contribution >= 4 is 5.97 Å². The molecular formula is C10H8F2N2O2. The van der Waals surface area contributed by atoms with E-state index in [0.717, 1.165) is 6.07 Å². The lowest BCUT2D eigenvalue weighted by molar-refractivity contribution is 0.0696. The van der Waals surface area contributed by atoms with Crippen LogP contribution in [0, 0.1) is 11.3 Å². The first-order valence-electron chi connectivity index (χ1n) is 4.30. The number of aromatic carboxylic acids is 1. The summed E-state index contributed by atoms with van der Waals surface area (Å²) < 4.78 is 25.4. The minimum atomic E-state index is -2.92. The molecule has 0 aliphatic carbocycles. The maximum absolute atomic E-state index is 12.7. The fraction of sp³-hybridized carbons (Fsp3) is 0.200. The Morgan fingerprint density at radius 3 is 2.56 bits per heavy atom. The zero-order chi connectivity index (χ0) is 12.3. The number of hydrogen-bond donors (Lipinski definition) is 2. The quantitative estimate of drug-likeness (QED) is 0.820. The third kappa shape index (κ3) is 1.99. The van der Waals surface area contributed by atoms with Crippen LogP contribution in [-0.2, 0) is 6.54 Å². The molecule has 84 valence electrons. The Hall–Kier alpha value is -2.00. The predicted molar refractivity (Wildman–Crippen MR) is 51.0 cm³/mol. The summed E-state index contributed by atoms with van der Waals surface area (Å²) >= 11 is 0. The molecule has 0 heterocycles. The van der Waals surface area contributed by atoms with Gasteiger partial charge in [0, 0.05) is 12.1 Å². The van der Waals surface area contributed by atoms with Gasteiger partial charge in [0.2, 0.25) is 0 Å². The summed E-state index contributed by atoms with van der Waals surface area (Å²) in [6, 6.07) is 3.79. The molecule has 3 N–H and O–H groups in total. The molecule has 0 aromatic heterocycles. The van der Waals surface area contributed by atoms with Crippen molar-refractivity contribution in [2.75, 3.05) is 0 Å². The summed E-state index contributed by atoms with van der Waals surface area (Å²) in [7, 11) is 0. The highest BCUT2D eigenvalue weighted by atomic mass is 19.3. The molecule has 0 spiro atoms. The van der Waals surface area contributed by atoms with Gasteiger partial charge in [0.15, 0.2) is 0 Å². The number of nitrogens with two attached hydrogens (primary N) is 1. The maximum Gasteiger partial charge on any atom is 0.337 e. The first-order chi connectivity index (χ1) is 7.52. The smallest absolute Gasteiger partial charge is 0.337 e. The lowest BCUT2D eigenvalue weighted by Crippen LogP contribution is -2.09. The molecule has 0 atom stereocenters. The van der Waals surface area contributed by atoms with E-state index < -0.39 is 29.1 Å². The van der Waals surface area contributed by atoms with Crippen molar-refractivity contribution in [3.05, 3.63) is 34.4 Å². The standard InChI is InChI=1S/C10H8F2N2O2/c11-9(12)8-5(3-13)1-2-6(10(15)16)7(8)4-14/h1-2,9H,3,13H2,(H,15,16). The molecule has 4 nitrogen and oxygen atoms in total. The van der Waals surface area contributed by atoms with Gasteiger partial charge >= 0.3 is 5.97 Å². The minimum Gasteiger partial charge on any atom is -0.478 e. The molecule has 0 saturated heterocycles. The lowest BCUT2D eigenvalue weighted by Gasteiger charge is -2.10. The molecule has 0 fully saturated rings. The Labute approximate surface area is 89.9 Å². The van der Waals surface area contributed by atoms with Crippen molar-refractivity contribution in [2.45, 2.75) is 13.0 Å². The van der Waals surface area contributed by atoms with Gasteiger partial charge in [-0.05, 0) is 11.6 Å². The maximum atomic E-state index is 12.7. The summed E-state index contributed by atoms with van der Waals surface area (Å²) in [4.78, 5) is 10.7. The van der Waals surface area contributed by atoms with Gasteiger partial charge in [-0.25, -0.2) is 13.6 Å². The number of rotatable bonds is 3. The van der Waals surface area contributed by atoms with E-state index in [1.807, 2.05) is 0 Å². The first kappa shape index (κ1) is 12.1. The van der Waals surface area contributed by atoms with Crippen LogP contribution in [0.4, 0.5) is 8.78 Å². The second kappa shape index (κ2) is 4.68. The van der Waals surface area contributed by atoms with Gasteiger partial charge in [-0.15, -0.1) is 0 Å². The first-order valence-corrected chi connectivity index (χ1v) is 4.30. The van der Waals surface area contributed by atoms with Crippen LogP contribution >= 0.6 is 0 Å². The summed E-state index contributed by atoms with van der Waals surface area (Å²) in [5, 5.41) is 17.5. The zero-order valence-corrected chi connectivity index (χ0v) is 8.08. The second-order valence-corrected chi connectivity index (χ2v) is 2.98. The topological polar surface area (TPSA) is 87.1 Å². The van der Waals surface area contributed by atoms with Gasteiger partial charge in [0.25, 0.3) is 6.43 Å². The number of nitriles is 1. The van der Waals surface area contributed by atoms with Gasteiger partial charge < -0.3 is 10.8 Å². The van der Waals surface area contributed by atoms with E-state index >= 15 is 0 Å². The van der Waals surface area contributed by atoms with Crippen LogP contribution in [0.2, 0.25) is 0 Å². The van der Waals surface area contributed by atoms with E-state index in [4.69, 9.17) is 16.1 Å². The van der Waals surface area contributed by atoms with Crippen LogP contribution < -0.4 is 5.73 Å². The van der Waals surface area contributed by atoms with E-state index in [1.54, 1.807) is 0 Å². The number of benzene rings is 1. The van der Waals surface area contributed by atoms with E-state index in [9.17, 15) is 13.6 Å². The molecule has 1 aromatic carbocycles. The van der Waals surface area contributed by atoms with Gasteiger partial charge in [0.05, 0.1) is 11.1 Å². The van der Waals surface area contributed by atoms with Crippen LogP contribution in [0.5, 0.6) is 0 Å². The van der Waals surface area contributed by atoms with Crippen LogP contribution in [0.3, 0.4) is 0 Å². The Morgan fingerprint density at radius 1 is 1.56 bits per heavy atom. The molecule has 1 aromatic rings. The second-order valence-electron chi connectivity index (χ2n) is 2.98. The van der Waals surface area contributed by atoms with Crippen molar-refractivity contribution in [1.82, 2.24) is 0 Å². The molecule has 16 heavy (non-hydrogen) atoms. The SMILES string of the molecule is N#Cc1c(C(=O)O)ccc(CN)c1C(F)F. The van der Waals surface area contributed by atoms with E-state index in [0.29, 0.717) is 0 Å². The van der Waals surface area contributed by atoms with Crippen molar-refractivity contribution in [3.8, 4) is 6.07 Å². The van der Waals surface area contributed by atoms with Gasteiger partial charge in [-0.3, -0.25) is 0 Å². The average molecular weight is 226 g/mol. The highest BCUT2D eigenvalue weighted by Crippen LogP contribution is 2.28. The largest absolute Gasteiger partial charge is 0.478 e. The number of nitrogens with zero attached hydrogens (tertiary/aromatic N) is 1. The van der Waals surface area contributed by atoms with Gasteiger partial charge in [-0.1, -0.05) is 6.07 Å². The molecule has 6 heteroatoms.